The van der Waals surface area contributed by atoms with Crippen molar-refractivity contribution in [2.45, 2.75) is 24.2 Å². The van der Waals surface area contributed by atoms with Crippen molar-refractivity contribution >= 4 is 10.0 Å². The number of ether oxygens (including phenoxy) is 2. The zero-order valence-corrected chi connectivity index (χ0v) is 11.6. The Balaban J connectivity index is 2.93. The summed E-state index contributed by atoms with van der Waals surface area (Å²) in [6.07, 6.45) is -4.88. The van der Waals surface area contributed by atoms with Gasteiger partial charge in [0.25, 0.3) is 0 Å². The molecule has 0 saturated heterocycles. The van der Waals surface area contributed by atoms with E-state index in [1.54, 1.807) is 6.92 Å². The van der Waals surface area contributed by atoms with Gasteiger partial charge < -0.3 is 9.47 Å². The number of hydrogen-bond acceptors (Lipinski definition) is 4. The summed E-state index contributed by atoms with van der Waals surface area (Å²) in [6.45, 7) is 1.70. The molecule has 0 radical (unpaired) electrons. The summed E-state index contributed by atoms with van der Waals surface area (Å²) in [5, 5.41) is 0. The lowest BCUT2D eigenvalue weighted by molar-refractivity contribution is -0.274. The topological polar surface area (TPSA) is 64.6 Å². The molecule has 0 unspecified atom stereocenters. The van der Waals surface area contributed by atoms with E-state index in [9.17, 15) is 21.6 Å². The van der Waals surface area contributed by atoms with Gasteiger partial charge in [-0.05, 0) is 19.1 Å². The summed E-state index contributed by atoms with van der Waals surface area (Å²) in [6, 6.07) is 3.64. The Kier molecular flexibility index (Phi) is 5.37. The summed E-state index contributed by atoms with van der Waals surface area (Å²) in [4.78, 5) is -0.317. The van der Waals surface area contributed by atoms with Crippen molar-refractivity contribution < 1.29 is 31.1 Å². The maximum Gasteiger partial charge on any atom is 0.573 e. The molecule has 1 N–H and O–H groups in total. The number of rotatable bonds is 6. The number of halogens is 3. The zero-order chi connectivity index (χ0) is 15.4. The van der Waals surface area contributed by atoms with Crippen molar-refractivity contribution in [3.8, 4) is 5.75 Å². The van der Waals surface area contributed by atoms with Crippen LogP contribution in [0.4, 0.5) is 13.2 Å². The van der Waals surface area contributed by atoms with Gasteiger partial charge in [0.2, 0.25) is 10.0 Å². The van der Waals surface area contributed by atoms with Gasteiger partial charge in [-0.1, -0.05) is 6.07 Å². The summed E-state index contributed by atoms with van der Waals surface area (Å²) in [7, 11) is -2.53. The second kappa shape index (κ2) is 6.42. The Bertz CT molecular complexity index is 545. The van der Waals surface area contributed by atoms with Crippen LogP contribution in [0.25, 0.3) is 0 Å². The van der Waals surface area contributed by atoms with Crippen molar-refractivity contribution in [2.24, 2.45) is 0 Å². The van der Waals surface area contributed by atoms with E-state index in [0.717, 1.165) is 18.2 Å². The molecule has 114 valence electrons. The first-order valence-corrected chi connectivity index (χ1v) is 6.99. The third-order valence-corrected chi connectivity index (χ3v) is 3.71. The quantitative estimate of drug-likeness (QED) is 0.871. The second-order valence-corrected chi connectivity index (χ2v) is 5.71. The summed E-state index contributed by atoms with van der Waals surface area (Å²) < 4.78 is 70.8. The van der Waals surface area contributed by atoms with Crippen molar-refractivity contribution in [1.29, 1.82) is 0 Å². The average molecular weight is 313 g/mol. The maximum absolute atomic E-state index is 12.1. The van der Waals surface area contributed by atoms with Gasteiger partial charge in [0.05, 0.1) is 11.5 Å². The Hall–Kier alpha value is -1.32. The molecule has 0 spiro atoms. The van der Waals surface area contributed by atoms with E-state index >= 15 is 0 Å². The first kappa shape index (κ1) is 16.7. The number of nitrogens with one attached hydrogen (secondary N) is 1. The van der Waals surface area contributed by atoms with E-state index in [2.05, 4.69) is 9.46 Å². The van der Waals surface area contributed by atoms with Crippen molar-refractivity contribution in [1.82, 2.24) is 4.72 Å². The highest BCUT2D eigenvalue weighted by Crippen LogP contribution is 2.24. The van der Waals surface area contributed by atoms with Gasteiger partial charge in [0, 0.05) is 19.2 Å². The molecule has 0 bridgehead atoms. The molecule has 0 aliphatic carbocycles. The lowest BCUT2D eigenvalue weighted by atomic mass is 10.3. The van der Waals surface area contributed by atoms with Crippen LogP contribution >= 0.6 is 0 Å². The van der Waals surface area contributed by atoms with Gasteiger partial charge in [-0.25, -0.2) is 13.1 Å². The third-order valence-electron chi connectivity index (χ3n) is 2.12. The summed E-state index contributed by atoms with van der Waals surface area (Å²) >= 11 is 0. The first-order valence-electron chi connectivity index (χ1n) is 5.51. The number of methoxy groups -OCH3 is 1. The summed E-state index contributed by atoms with van der Waals surface area (Å²) in [5.41, 5.74) is 0. The minimum Gasteiger partial charge on any atom is -0.406 e. The van der Waals surface area contributed by atoms with Gasteiger partial charge in [0.15, 0.2) is 0 Å². The van der Waals surface area contributed by atoms with Gasteiger partial charge in [-0.2, -0.15) is 0 Å². The molecule has 5 nitrogen and oxygen atoms in total. The van der Waals surface area contributed by atoms with E-state index in [4.69, 9.17) is 4.74 Å². The molecule has 0 amide bonds. The highest BCUT2D eigenvalue weighted by molar-refractivity contribution is 7.89. The molecule has 0 aromatic heterocycles. The molecular weight excluding hydrogens is 299 g/mol. The second-order valence-electron chi connectivity index (χ2n) is 4.00. The largest absolute Gasteiger partial charge is 0.573 e. The molecule has 0 saturated carbocycles. The lowest BCUT2D eigenvalue weighted by Crippen LogP contribution is -2.35. The van der Waals surface area contributed by atoms with Gasteiger partial charge in [0.1, 0.15) is 5.75 Å². The highest BCUT2D eigenvalue weighted by atomic mass is 32.2. The number of sulfonamides is 1. The minimum atomic E-state index is -4.88. The molecule has 9 heteroatoms. The van der Waals surface area contributed by atoms with Crippen LogP contribution in [0.3, 0.4) is 0 Å². The van der Waals surface area contributed by atoms with Crippen molar-refractivity contribution in [2.75, 3.05) is 13.7 Å². The normalized spacial score (nSPS) is 14.1. The van der Waals surface area contributed by atoms with Crippen LogP contribution in [0.15, 0.2) is 29.2 Å². The fraction of sp³-hybridized carbons (Fsp3) is 0.455. The van der Waals surface area contributed by atoms with Gasteiger partial charge in [-0.15, -0.1) is 13.2 Å². The van der Waals surface area contributed by atoms with Crippen LogP contribution in [0.5, 0.6) is 5.75 Å². The number of alkyl halides is 3. The monoisotopic (exact) mass is 313 g/mol. The Labute approximate surface area is 114 Å². The Morgan fingerprint density at radius 1 is 1.35 bits per heavy atom. The SMILES string of the molecule is COC[C@@H](C)NS(=O)(=O)c1cccc(OC(F)(F)F)c1. The minimum absolute atomic E-state index is 0.137. The molecule has 0 aliphatic heterocycles. The Morgan fingerprint density at radius 2 is 2.00 bits per heavy atom. The van der Waals surface area contributed by atoms with E-state index < -0.39 is 28.2 Å². The smallest absolute Gasteiger partial charge is 0.406 e. The fourth-order valence-electron chi connectivity index (χ4n) is 1.46. The van der Waals surface area contributed by atoms with Gasteiger partial charge in [-0.3, -0.25) is 0 Å². The molecule has 0 heterocycles. The van der Waals surface area contributed by atoms with E-state index in [0.29, 0.717) is 0 Å². The number of hydrogen-bond donors (Lipinski definition) is 1. The first-order chi connectivity index (χ1) is 9.14. The van der Waals surface area contributed by atoms with Crippen LogP contribution in [0.1, 0.15) is 6.92 Å². The molecule has 20 heavy (non-hydrogen) atoms. The Morgan fingerprint density at radius 3 is 2.55 bits per heavy atom. The van der Waals surface area contributed by atoms with Crippen molar-refractivity contribution in [3.63, 3.8) is 0 Å². The molecule has 1 atom stereocenters. The van der Waals surface area contributed by atoms with E-state index in [1.165, 1.54) is 13.2 Å². The molecule has 1 aromatic carbocycles. The zero-order valence-electron chi connectivity index (χ0n) is 10.8. The lowest BCUT2D eigenvalue weighted by Gasteiger charge is -2.14. The van der Waals surface area contributed by atoms with Crippen LogP contribution in [-0.4, -0.2) is 34.5 Å². The van der Waals surface area contributed by atoms with E-state index in [1.807, 2.05) is 0 Å². The predicted octanol–water partition coefficient (Wildman–Crippen LogP) is 1.90. The highest BCUT2D eigenvalue weighted by Gasteiger charge is 2.31. The molecular formula is C11H14F3NO4S. The van der Waals surface area contributed by atoms with E-state index in [-0.39, 0.29) is 11.5 Å². The maximum atomic E-state index is 12.1. The van der Waals surface area contributed by atoms with Crippen LogP contribution in [0, 0.1) is 0 Å². The number of benzene rings is 1. The van der Waals surface area contributed by atoms with Crippen molar-refractivity contribution in [3.05, 3.63) is 24.3 Å². The standard InChI is InChI=1S/C11H14F3NO4S/c1-8(7-18-2)15-20(16,17)10-5-3-4-9(6-10)19-11(12,13)14/h3-6,8,15H,7H2,1-2H3/t8-/m1/s1. The third kappa shape index (κ3) is 5.35. The molecule has 0 fully saturated rings. The van der Waals surface area contributed by atoms with Gasteiger partial charge >= 0.3 is 6.36 Å². The summed E-state index contributed by atoms with van der Waals surface area (Å²) in [5.74, 6) is -0.597. The van der Waals surface area contributed by atoms with Crippen LogP contribution in [0.2, 0.25) is 0 Å². The van der Waals surface area contributed by atoms with Crippen LogP contribution < -0.4 is 9.46 Å². The predicted molar refractivity (Wildman–Crippen MR) is 64.8 cm³/mol. The molecule has 0 aliphatic rings. The van der Waals surface area contributed by atoms with Crippen LogP contribution in [-0.2, 0) is 14.8 Å². The molecule has 1 aromatic rings. The molecule has 1 rings (SSSR count). The fourth-order valence-corrected chi connectivity index (χ4v) is 2.72. The average Bonchev–Trinajstić information content (AvgIpc) is 2.26.